The van der Waals surface area contributed by atoms with Crippen molar-refractivity contribution in [2.24, 2.45) is 0 Å². The third-order valence-corrected chi connectivity index (χ3v) is 6.83. The lowest BCUT2D eigenvalue weighted by Crippen LogP contribution is -2.24. The first-order valence-corrected chi connectivity index (χ1v) is 12.1. The lowest BCUT2D eigenvalue weighted by molar-refractivity contribution is 0.102. The van der Waals surface area contributed by atoms with Gasteiger partial charge in [-0.25, -0.2) is 4.98 Å². The quantitative estimate of drug-likeness (QED) is 0.202. The Labute approximate surface area is 202 Å². The van der Waals surface area contributed by atoms with Crippen LogP contribution in [0.15, 0.2) is 64.8 Å². The number of rotatable bonds is 9. The van der Waals surface area contributed by atoms with Crippen LogP contribution in [0.1, 0.15) is 40.3 Å². The van der Waals surface area contributed by atoms with Gasteiger partial charge < -0.3 is 9.30 Å². The van der Waals surface area contributed by atoms with Crippen LogP contribution < -0.4 is 5.56 Å². The summed E-state index contributed by atoms with van der Waals surface area (Å²) >= 11 is 1.29. The summed E-state index contributed by atoms with van der Waals surface area (Å²) in [5.74, 6) is 0.185. The molecule has 0 aliphatic rings. The second-order valence-corrected chi connectivity index (χ2v) is 9.28. The van der Waals surface area contributed by atoms with Crippen LogP contribution in [-0.4, -0.2) is 44.4 Å². The molecule has 0 aliphatic heterocycles. The van der Waals surface area contributed by atoms with Gasteiger partial charge in [-0.05, 0) is 50.6 Å². The molecule has 7 nitrogen and oxygen atoms in total. The molecule has 0 saturated heterocycles. The molecule has 0 fully saturated rings. The normalized spacial score (nSPS) is 12.2. The van der Waals surface area contributed by atoms with Crippen molar-refractivity contribution in [1.82, 2.24) is 19.1 Å². The number of thioether (sulfide) groups is 1. The van der Waals surface area contributed by atoms with Gasteiger partial charge in [-0.15, -0.1) is 0 Å². The van der Waals surface area contributed by atoms with Crippen molar-refractivity contribution in [3.05, 3.63) is 87.7 Å². The number of pyridine rings is 1. The first-order chi connectivity index (χ1) is 16.4. The minimum atomic E-state index is -0.129. The van der Waals surface area contributed by atoms with E-state index < -0.39 is 0 Å². The van der Waals surface area contributed by atoms with Crippen LogP contribution in [0.2, 0.25) is 0 Å². The minimum Gasteiger partial charge on any atom is -0.383 e. The number of aromatic nitrogens is 4. The van der Waals surface area contributed by atoms with Crippen molar-refractivity contribution in [2.45, 2.75) is 38.5 Å². The highest BCUT2D eigenvalue weighted by Gasteiger charge is 2.20. The number of carbonyl (C=O) groups excluding carboxylic acids is 1. The summed E-state index contributed by atoms with van der Waals surface area (Å²) in [5, 5.41) is 1.07. The van der Waals surface area contributed by atoms with E-state index in [4.69, 9.17) is 9.72 Å². The Morgan fingerprint density at radius 1 is 1.18 bits per heavy atom. The zero-order chi connectivity index (χ0) is 24.2. The number of benzene rings is 1. The summed E-state index contributed by atoms with van der Waals surface area (Å²) in [5.41, 5.74) is 4.02. The van der Waals surface area contributed by atoms with Crippen molar-refractivity contribution < 1.29 is 9.53 Å². The predicted molar refractivity (Wildman–Crippen MR) is 135 cm³/mol. The molecule has 1 unspecified atom stereocenters. The zero-order valence-electron chi connectivity index (χ0n) is 19.8. The van der Waals surface area contributed by atoms with E-state index >= 15 is 0 Å². The Morgan fingerprint density at radius 2 is 1.97 bits per heavy atom. The Balaban J connectivity index is 1.65. The Kier molecular flexibility index (Phi) is 7.29. The average Bonchev–Trinajstić information content (AvgIpc) is 3.14. The lowest BCUT2D eigenvalue weighted by atomic mass is 10.2. The van der Waals surface area contributed by atoms with Crippen LogP contribution in [0.4, 0.5) is 0 Å². The number of ether oxygens (including phenoxy) is 1. The number of hydrogen-bond donors (Lipinski definition) is 0. The fourth-order valence-corrected chi connectivity index (χ4v) is 5.21. The third-order valence-electron chi connectivity index (χ3n) is 5.86. The van der Waals surface area contributed by atoms with E-state index in [9.17, 15) is 9.59 Å². The zero-order valence-corrected chi connectivity index (χ0v) is 20.6. The van der Waals surface area contributed by atoms with Gasteiger partial charge in [-0.2, -0.15) is 0 Å². The highest BCUT2D eigenvalue weighted by molar-refractivity contribution is 7.99. The molecule has 0 aliphatic carbocycles. The van der Waals surface area contributed by atoms with E-state index in [0.717, 1.165) is 17.0 Å². The topological polar surface area (TPSA) is 79.0 Å². The SMILES string of the molecule is COCC(C)n1c(C)cc(C(=O)CSc2nc3ccccc3c(=O)n2Cc2cccnc2)c1C. The number of Topliss-reactive ketones (excluding diaryl/α,β-unsaturated/α-hetero) is 1. The molecule has 176 valence electrons. The summed E-state index contributed by atoms with van der Waals surface area (Å²) in [6.07, 6.45) is 3.43. The van der Waals surface area contributed by atoms with Crippen LogP contribution in [0.25, 0.3) is 10.9 Å². The standard InChI is InChI=1S/C26H28N4O3S/c1-17-12-22(19(3)30(17)18(2)15-33-4)24(31)16-34-26-28-23-10-6-5-9-21(23)25(32)29(26)14-20-8-7-11-27-13-20/h5-13,18H,14-16H2,1-4H3. The molecule has 1 aromatic carbocycles. The summed E-state index contributed by atoms with van der Waals surface area (Å²) in [4.78, 5) is 35.4. The number of methoxy groups -OCH3 is 1. The summed E-state index contributed by atoms with van der Waals surface area (Å²) in [6.45, 7) is 6.94. The molecule has 0 saturated carbocycles. The number of aryl methyl sites for hydroxylation is 1. The predicted octanol–water partition coefficient (Wildman–Crippen LogP) is 4.44. The molecule has 0 radical (unpaired) electrons. The molecule has 0 spiro atoms. The van der Waals surface area contributed by atoms with Gasteiger partial charge in [0, 0.05) is 36.5 Å². The average molecular weight is 477 g/mol. The number of nitrogens with zero attached hydrogens (tertiary/aromatic N) is 4. The fraction of sp³-hybridized carbons (Fsp3) is 0.308. The molecular weight excluding hydrogens is 448 g/mol. The van der Waals surface area contributed by atoms with Crippen LogP contribution in [0, 0.1) is 13.8 Å². The van der Waals surface area contributed by atoms with Crippen LogP contribution >= 0.6 is 11.8 Å². The van der Waals surface area contributed by atoms with Gasteiger partial charge in [-0.1, -0.05) is 30.0 Å². The molecule has 8 heteroatoms. The maximum Gasteiger partial charge on any atom is 0.262 e. The minimum absolute atomic E-state index is 0.00398. The molecule has 3 aromatic heterocycles. The van der Waals surface area contributed by atoms with Gasteiger partial charge in [0.1, 0.15) is 0 Å². The number of fused-ring (bicyclic) bond motifs is 1. The van der Waals surface area contributed by atoms with Crippen molar-refractivity contribution >= 4 is 28.4 Å². The molecule has 0 N–H and O–H groups in total. The van der Waals surface area contributed by atoms with E-state index in [-0.39, 0.29) is 23.1 Å². The maximum absolute atomic E-state index is 13.3. The summed E-state index contributed by atoms with van der Waals surface area (Å²) in [7, 11) is 1.68. The van der Waals surface area contributed by atoms with E-state index in [2.05, 4.69) is 16.5 Å². The number of hydrogen-bond acceptors (Lipinski definition) is 6. The second-order valence-electron chi connectivity index (χ2n) is 8.34. The molecular formula is C26H28N4O3S. The molecule has 0 amide bonds. The third kappa shape index (κ3) is 4.83. The first kappa shape index (κ1) is 23.9. The van der Waals surface area contributed by atoms with Crippen LogP contribution in [0.3, 0.4) is 0 Å². The molecule has 4 rings (SSSR count). The van der Waals surface area contributed by atoms with Gasteiger partial charge in [0.2, 0.25) is 0 Å². The Bertz CT molecular complexity index is 1380. The summed E-state index contributed by atoms with van der Waals surface area (Å²) < 4.78 is 9.06. The van der Waals surface area contributed by atoms with E-state index in [1.807, 2.05) is 50.2 Å². The smallest absolute Gasteiger partial charge is 0.262 e. The highest BCUT2D eigenvalue weighted by Crippen LogP contribution is 2.24. The van der Waals surface area contributed by atoms with Gasteiger partial charge in [-0.3, -0.25) is 19.1 Å². The summed E-state index contributed by atoms with van der Waals surface area (Å²) in [6, 6.07) is 13.1. The van der Waals surface area contributed by atoms with Gasteiger partial charge in [0.15, 0.2) is 10.9 Å². The Hall–Kier alpha value is -3.23. The van der Waals surface area contributed by atoms with Crippen LogP contribution in [0.5, 0.6) is 0 Å². The Morgan fingerprint density at radius 3 is 2.71 bits per heavy atom. The van der Waals surface area contributed by atoms with Crippen molar-refractivity contribution in [3.63, 3.8) is 0 Å². The lowest BCUT2D eigenvalue weighted by Gasteiger charge is -2.17. The van der Waals surface area contributed by atoms with E-state index in [1.54, 1.807) is 30.1 Å². The van der Waals surface area contributed by atoms with Crippen molar-refractivity contribution in [1.29, 1.82) is 0 Å². The highest BCUT2D eigenvalue weighted by atomic mass is 32.2. The second kappa shape index (κ2) is 10.4. The number of para-hydroxylation sites is 1. The monoisotopic (exact) mass is 476 g/mol. The molecule has 1 atom stereocenters. The number of ketones is 1. The molecule has 4 aromatic rings. The van der Waals surface area contributed by atoms with Crippen molar-refractivity contribution in [3.8, 4) is 0 Å². The van der Waals surface area contributed by atoms with Crippen LogP contribution in [-0.2, 0) is 11.3 Å². The molecule has 3 heterocycles. The van der Waals surface area contributed by atoms with Gasteiger partial charge >= 0.3 is 0 Å². The first-order valence-electron chi connectivity index (χ1n) is 11.1. The van der Waals surface area contributed by atoms with Gasteiger partial charge in [0.05, 0.1) is 35.8 Å². The van der Waals surface area contributed by atoms with E-state index in [1.165, 1.54) is 11.8 Å². The fourth-order valence-electron chi connectivity index (χ4n) is 4.33. The molecule has 34 heavy (non-hydrogen) atoms. The number of carbonyl (C=O) groups is 1. The van der Waals surface area contributed by atoms with Crippen molar-refractivity contribution in [2.75, 3.05) is 19.5 Å². The maximum atomic E-state index is 13.3. The largest absolute Gasteiger partial charge is 0.383 e. The van der Waals surface area contributed by atoms with Gasteiger partial charge in [0.25, 0.3) is 5.56 Å². The van der Waals surface area contributed by atoms with E-state index in [0.29, 0.717) is 34.8 Å². The molecule has 0 bridgehead atoms.